The van der Waals surface area contributed by atoms with Crippen molar-refractivity contribution in [2.45, 2.75) is 0 Å². The third-order valence-corrected chi connectivity index (χ3v) is 1.08. The first-order chi connectivity index (χ1) is 3.06. The SMILES string of the molecule is [NH-]CCS(=O)(=O)O.[NH4+]. The lowest BCUT2D eigenvalue weighted by Gasteiger charge is -1.93. The van der Waals surface area contributed by atoms with E-state index in [0.717, 1.165) is 0 Å². The predicted molar refractivity (Wildman–Crippen MR) is 31.6 cm³/mol. The maximum absolute atomic E-state index is 9.67. The third-order valence-electron chi connectivity index (χ3n) is 0.360. The Balaban J connectivity index is 0. The predicted octanol–water partition coefficient (Wildman–Crippen LogP) is 0.303. The van der Waals surface area contributed by atoms with Crippen LogP contribution in [0.1, 0.15) is 0 Å². The van der Waals surface area contributed by atoms with E-state index in [-0.39, 0.29) is 12.7 Å². The Kier molecular flexibility index (Phi) is 5.09. The summed E-state index contributed by atoms with van der Waals surface area (Å²) < 4.78 is 27.2. The van der Waals surface area contributed by atoms with Crippen molar-refractivity contribution >= 4 is 10.1 Å². The third kappa shape index (κ3) is 9.27. The van der Waals surface area contributed by atoms with Crippen LogP contribution in [-0.2, 0) is 10.1 Å². The first-order valence-corrected chi connectivity index (χ1v) is 3.27. The zero-order chi connectivity index (χ0) is 5.91. The van der Waals surface area contributed by atoms with E-state index >= 15 is 0 Å². The van der Waals surface area contributed by atoms with Gasteiger partial charge in [0.1, 0.15) is 0 Å². The van der Waals surface area contributed by atoms with E-state index in [1.807, 2.05) is 0 Å². The maximum atomic E-state index is 9.67. The topological polar surface area (TPSA) is 115 Å². The lowest BCUT2D eigenvalue weighted by molar-refractivity contribution is 0.484. The molecule has 0 radical (unpaired) electrons. The second kappa shape index (κ2) is 3.79. The van der Waals surface area contributed by atoms with Crippen LogP contribution in [0.5, 0.6) is 0 Å². The molecular weight excluding hydrogens is 132 g/mol. The molecule has 52 valence electrons. The molecule has 6 heteroatoms. The van der Waals surface area contributed by atoms with Gasteiger partial charge in [-0.05, 0) is 0 Å². The van der Waals surface area contributed by atoms with Crippen molar-refractivity contribution in [2.75, 3.05) is 12.3 Å². The van der Waals surface area contributed by atoms with Crippen molar-refractivity contribution in [2.24, 2.45) is 0 Å². The summed E-state index contributed by atoms with van der Waals surface area (Å²) in [5.74, 6) is -0.465. The van der Waals surface area contributed by atoms with Gasteiger partial charge in [0.15, 0.2) is 0 Å². The Hall–Kier alpha value is -0.170. The molecule has 0 aliphatic heterocycles. The number of quaternary nitrogens is 1. The van der Waals surface area contributed by atoms with Crippen LogP contribution >= 0.6 is 0 Å². The van der Waals surface area contributed by atoms with E-state index in [1.165, 1.54) is 0 Å². The molecule has 0 saturated heterocycles. The van der Waals surface area contributed by atoms with Crippen LogP contribution in [0, 0.1) is 0 Å². The highest BCUT2D eigenvalue weighted by Gasteiger charge is 1.95. The summed E-state index contributed by atoms with van der Waals surface area (Å²) in [6.45, 7) is -0.279. The number of nitrogens with one attached hydrogen (secondary N) is 1. The lowest BCUT2D eigenvalue weighted by Crippen LogP contribution is -2.04. The zero-order valence-electron chi connectivity index (χ0n) is 4.59. The van der Waals surface area contributed by atoms with Gasteiger partial charge in [-0.1, -0.05) is 0 Å². The molecule has 0 fully saturated rings. The second-order valence-electron chi connectivity index (χ2n) is 1.04. The van der Waals surface area contributed by atoms with E-state index in [1.54, 1.807) is 0 Å². The summed E-state index contributed by atoms with van der Waals surface area (Å²) in [5.41, 5.74) is 6.32. The highest BCUT2D eigenvalue weighted by Crippen LogP contribution is 1.78. The first-order valence-electron chi connectivity index (χ1n) is 1.66. The smallest absolute Gasteiger partial charge is 0.263 e. The van der Waals surface area contributed by atoms with E-state index in [9.17, 15) is 8.42 Å². The van der Waals surface area contributed by atoms with E-state index in [0.29, 0.717) is 0 Å². The molecule has 0 heterocycles. The molecule has 5 nitrogen and oxygen atoms in total. The molecule has 0 aliphatic carbocycles. The average molecular weight is 142 g/mol. The van der Waals surface area contributed by atoms with Gasteiger partial charge in [-0.15, -0.1) is 6.54 Å². The monoisotopic (exact) mass is 142 g/mol. The van der Waals surface area contributed by atoms with Gasteiger partial charge in [-0.25, -0.2) is 0 Å². The first kappa shape index (κ1) is 10.7. The zero-order valence-corrected chi connectivity index (χ0v) is 5.40. The van der Waals surface area contributed by atoms with Gasteiger partial charge in [0, 0.05) is 0 Å². The van der Waals surface area contributed by atoms with Crippen LogP contribution in [0.15, 0.2) is 0 Å². The number of rotatable bonds is 2. The number of hydrogen-bond acceptors (Lipinski definition) is 2. The summed E-state index contributed by atoms with van der Waals surface area (Å²) in [7, 11) is -3.86. The molecule has 0 unspecified atom stereocenters. The minimum atomic E-state index is -3.86. The maximum Gasteiger partial charge on any atom is 0.263 e. The Morgan fingerprint density at radius 2 is 1.88 bits per heavy atom. The normalized spacial score (nSPS) is 10.2. The van der Waals surface area contributed by atoms with Crippen LogP contribution in [0.25, 0.3) is 5.73 Å². The van der Waals surface area contributed by atoms with E-state index < -0.39 is 15.9 Å². The molecule has 0 spiro atoms. The Labute approximate surface area is 48.2 Å². The Morgan fingerprint density at radius 3 is 1.88 bits per heavy atom. The van der Waals surface area contributed by atoms with Crippen molar-refractivity contribution < 1.29 is 13.0 Å². The molecule has 0 amide bonds. The molecule has 0 rings (SSSR count). The highest BCUT2D eigenvalue weighted by molar-refractivity contribution is 7.85. The van der Waals surface area contributed by atoms with Crippen LogP contribution in [0.3, 0.4) is 0 Å². The summed E-state index contributed by atoms with van der Waals surface area (Å²) in [6, 6.07) is 0. The second-order valence-corrected chi connectivity index (χ2v) is 2.61. The summed E-state index contributed by atoms with van der Waals surface area (Å²) in [6.07, 6.45) is 0. The van der Waals surface area contributed by atoms with Gasteiger partial charge in [0.05, 0.1) is 5.75 Å². The Bertz CT molecular complexity index is 128. The van der Waals surface area contributed by atoms with Gasteiger partial charge in [-0.3, -0.25) is 4.55 Å². The molecule has 0 atom stereocenters. The summed E-state index contributed by atoms with van der Waals surface area (Å²) >= 11 is 0. The fourth-order valence-corrected chi connectivity index (χ4v) is 0.387. The van der Waals surface area contributed by atoms with Gasteiger partial charge in [-0.2, -0.15) is 8.42 Å². The average Bonchev–Trinajstić information content (AvgIpc) is 1.30. The van der Waals surface area contributed by atoms with Gasteiger partial charge in [0.2, 0.25) is 0 Å². The minimum absolute atomic E-state index is 0. The van der Waals surface area contributed by atoms with Crippen molar-refractivity contribution in [1.29, 1.82) is 0 Å². The molecule has 0 saturated carbocycles. The van der Waals surface area contributed by atoms with Crippen molar-refractivity contribution in [1.82, 2.24) is 6.15 Å². The molecule has 0 aromatic carbocycles. The molecule has 0 aliphatic rings. The van der Waals surface area contributed by atoms with E-state index in [4.69, 9.17) is 10.3 Å². The highest BCUT2D eigenvalue weighted by atomic mass is 32.2. The van der Waals surface area contributed by atoms with Crippen LogP contribution in [0.2, 0.25) is 0 Å². The lowest BCUT2D eigenvalue weighted by atomic mass is 10.8. The van der Waals surface area contributed by atoms with Gasteiger partial charge >= 0.3 is 0 Å². The molecule has 0 aromatic rings. The molecule has 8 heavy (non-hydrogen) atoms. The quantitative estimate of drug-likeness (QED) is 0.540. The van der Waals surface area contributed by atoms with Crippen LogP contribution in [-0.4, -0.2) is 25.3 Å². The van der Waals surface area contributed by atoms with Crippen LogP contribution in [0.4, 0.5) is 0 Å². The van der Waals surface area contributed by atoms with Gasteiger partial charge in [0.25, 0.3) is 10.1 Å². The number of hydrogen-bond donors (Lipinski definition) is 2. The molecule has 0 aromatic heterocycles. The molecule has 6 N–H and O–H groups in total. The van der Waals surface area contributed by atoms with Gasteiger partial charge < -0.3 is 11.9 Å². The van der Waals surface area contributed by atoms with E-state index in [2.05, 4.69) is 0 Å². The molecular formula is C2H10N2O3S. The van der Waals surface area contributed by atoms with Crippen LogP contribution < -0.4 is 6.15 Å². The summed E-state index contributed by atoms with van der Waals surface area (Å²) in [4.78, 5) is 0. The Morgan fingerprint density at radius 1 is 1.50 bits per heavy atom. The minimum Gasteiger partial charge on any atom is -0.677 e. The fraction of sp³-hybridized carbons (Fsp3) is 1.00. The fourth-order valence-electron chi connectivity index (χ4n) is 0.129. The van der Waals surface area contributed by atoms with Crippen molar-refractivity contribution in [3.63, 3.8) is 0 Å². The molecule has 0 bridgehead atoms. The van der Waals surface area contributed by atoms with Crippen molar-refractivity contribution in [3.8, 4) is 0 Å². The standard InChI is InChI=1S/C2H6NO3S.H3N/c3-1-2-7(4,5)6;/h3H,1-2H2,(H,4,5,6);1H3/q-1;/p+1. The summed E-state index contributed by atoms with van der Waals surface area (Å²) in [5, 5.41) is 0. The van der Waals surface area contributed by atoms with Crippen molar-refractivity contribution in [3.05, 3.63) is 5.73 Å². The largest absolute Gasteiger partial charge is 0.677 e.